The molecule has 0 aliphatic rings. The average Bonchev–Trinajstić information content (AvgIpc) is 2.55. The van der Waals surface area contributed by atoms with Gasteiger partial charge in [-0.3, -0.25) is 0 Å². The molecule has 2 rings (SSSR count). The van der Waals surface area contributed by atoms with Gasteiger partial charge < -0.3 is 33.8 Å². The average molecular weight is 426 g/mol. The SMILES string of the molecule is [Br-].[C-]#CCCCO[Si](c1ccccc1)(c1ccccc1)C(C)(C)C.[Mg+2]. The molecule has 0 unspecified atom stereocenters. The molecule has 128 valence electrons. The smallest absolute Gasteiger partial charge is 1.00 e. The largest absolute Gasteiger partial charge is 2.00 e. The number of benzene rings is 2. The van der Waals surface area contributed by atoms with E-state index in [2.05, 4.69) is 87.4 Å². The molecule has 0 aromatic heterocycles. The standard InChI is InChI=1S/C21H25OSi.BrH.Mg/c1-5-6-13-18-22-23(21(2,3)4,19-14-9-7-10-15-19)20-16-11-8-12-17-20;;/h7-12,14-17H,6,13,18H2,2-4H3;1H;/q-1;;+2/p-1. The zero-order valence-corrected chi connectivity index (χ0v) is 19.4. The van der Waals surface area contributed by atoms with E-state index in [1.165, 1.54) is 10.4 Å². The van der Waals surface area contributed by atoms with Crippen LogP contribution in [-0.2, 0) is 4.43 Å². The van der Waals surface area contributed by atoms with Gasteiger partial charge in [0.05, 0.1) is 0 Å². The van der Waals surface area contributed by atoms with Crippen LogP contribution in [0, 0.1) is 12.3 Å². The van der Waals surface area contributed by atoms with Gasteiger partial charge in [0.15, 0.2) is 0 Å². The van der Waals surface area contributed by atoms with E-state index in [0.717, 1.165) is 6.42 Å². The molecule has 0 heterocycles. The van der Waals surface area contributed by atoms with Crippen molar-refractivity contribution < 1.29 is 21.4 Å². The van der Waals surface area contributed by atoms with E-state index in [-0.39, 0.29) is 45.1 Å². The second-order valence-corrected chi connectivity index (χ2v) is 11.1. The molecule has 25 heavy (non-hydrogen) atoms. The summed E-state index contributed by atoms with van der Waals surface area (Å²) in [4.78, 5) is 0. The fraction of sp³-hybridized carbons (Fsp3) is 0.333. The maximum atomic E-state index is 7.09. The Labute approximate surface area is 180 Å². The predicted molar refractivity (Wildman–Crippen MR) is 106 cm³/mol. The van der Waals surface area contributed by atoms with Crippen molar-refractivity contribution >= 4 is 41.7 Å². The van der Waals surface area contributed by atoms with Gasteiger partial charge in [-0.15, -0.1) is 0 Å². The van der Waals surface area contributed by atoms with Crippen LogP contribution in [0.15, 0.2) is 60.7 Å². The third-order valence-corrected chi connectivity index (χ3v) is 9.22. The zero-order chi connectivity index (χ0) is 16.8. The quantitative estimate of drug-likeness (QED) is 0.284. The van der Waals surface area contributed by atoms with E-state index in [1.807, 2.05) is 0 Å². The van der Waals surface area contributed by atoms with Gasteiger partial charge in [-0.2, -0.15) is 0 Å². The molecule has 4 heteroatoms. The Morgan fingerprint density at radius 2 is 1.36 bits per heavy atom. The first-order valence-electron chi connectivity index (χ1n) is 8.17. The van der Waals surface area contributed by atoms with Crippen LogP contribution in [-0.4, -0.2) is 38.0 Å². The summed E-state index contributed by atoms with van der Waals surface area (Å²) in [5, 5.41) is 2.62. The zero-order valence-electron chi connectivity index (χ0n) is 15.4. The summed E-state index contributed by atoms with van der Waals surface area (Å²) in [7, 11) is -2.39. The predicted octanol–water partition coefficient (Wildman–Crippen LogP) is 0.556. The maximum Gasteiger partial charge on any atom is 2.00 e. The summed E-state index contributed by atoms with van der Waals surface area (Å²) >= 11 is 0. The van der Waals surface area contributed by atoms with Gasteiger partial charge in [0.25, 0.3) is 8.32 Å². The van der Waals surface area contributed by atoms with Crippen LogP contribution in [0.3, 0.4) is 0 Å². The van der Waals surface area contributed by atoms with Crippen molar-refractivity contribution in [2.45, 2.75) is 38.7 Å². The van der Waals surface area contributed by atoms with E-state index >= 15 is 0 Å². The van der Waals surface area contributed by atoms with E-state index in [4.69, 9.17) is 10.8 Å². The summed E-state index contributed by atoms with van der Waals surface area (Å²) in [6.07, 6.45) is 8.59. The van der Waals surface area contributed by atoms with Gasteiger partial charge in [-0.1, -0.05) is 81.4 Å². The van der Waals surface area contributed by atoms with Crippen molar-refractivity contribution in [3.05, 3.63) is 67.1 Å². The first kappa shape index (κ1) is 24.4. The van der Waals surface area contributed by atoms with Crippen LogP contribution in [0.5, 0.6) is 0 Å². The molecule has 0 atom stereocenters. The third kappa shape index (κ3) is 5.70. The molecular formula is C21H25BrMgOSi. The summed E-state index contributed by atoms with van der Waals surface area (Å²) < 4.78 is 6.68. The number of halogens is 1. The van der Waals surface area contributed by atoms with Gasteiger partial charge in [-0.25, -0.2) is 0 Å². The molecule has 0 aliphatic heterocycles. The van der Waals surface area contributed by atoms with Crippen LogP contribution in [0.2, 0.25) is 5.04 Å². The molecule has 0 saturated carbocycles. The van der Waals surface area contributed by atoms with E-state index in [1.54, 1.807) is 0 Å². The summed E-state index contributed by atoms with van der Waals surface area (Å²) in [5.41, 5.74) is 0. The van der Waals surface area contributed by atoms with Crippen molar-refractivity contribution in [2.75, 3.05) is 6.61 Å². The molecule has 0 bridgehead atoms. The Kier molecular flexibility index (Phi) is 10.9. The van der Waals surface area contributed by atoms with Crippen LogP contribution in [0.1, 0.15) is 33.6 Å². The first-order chi connectivity index (χ1) is 11.0. The second-order valence-electron chi connectivity index (χ2n) is 6.79. The summed E-state index contributed by atoms with van der Waals surface area (Å²) in [5.74, 6) is 2.46. The fourth-order valence-electron chi connectivity index (χ4n) is 3.15. The van der Waals surface area contributed by atoms with Gasteiger partial charge >= 0.3 is 23.1 Å². The molecule has 1 nitrogen and oxygen atoms in total. The Balaban J connectivity index is 0.00000288. The van der Waals surface area contributed by atoms with Crippen LogP contribution in [0.25, 0.3) is 0 Å². The molecular weight excluding hydrogens is 401 g/mol. The van der Waals surface area contributed by atoms with Crippen molar-refractivity contribution in [2.24, 2.45) is 0 Å². The Morgan fingerprint density at radius 3 is 1.72 bits per heavy atom. The van der Waals surface area contributed by atoms with E-state index < -0.39 is 8.32 Å². The van der Waals surface area contributed by atoms with Gasteiger partial charge in [-0.05, 0) is 28.3 Å². The number of rotatable bonds is 6. The Hall–Kier alpha value is -0.577. The molecule has 0 spiro atoms. The first-order valence-corrected chi connectivity index (χ1v) is 10.1. The van der Waals surface area contributed by atoms with Crippen LogP contribution >= 0.6 is 0 Å². The minimum Gasteiger partial charge on any atom is -1.00 e. The molecule has 2 aromatic rings. The summed E-state index contributed by atoms with van der Waals surface area (Å²) in [6.45, 7) is 7.50. The van der Waals surface area contributed by atoms with Gasteiger partial charge in [0, 0.05) is 6.61 Å². The molecule has 0 fully saturated rings. The van der Waals surface area contributed by atoms with Crippen molar-refractivity contribution in [3.8, 4) is 5.92 Å². The summed E-state index contributed by atoms with van der Waals surface area (Å²) in [6, 6.07) is 21.3. The fourth-order valence-corrected chi connectivity index (χ4v) is 7.75. The van der Waals surface area contributed by atoms with Gasteiger partial charge in [0.1, 0.15) is 0 Å². The Bertz CT molecular complexity index is 608. The van der Waals surface area contributed by atoms with Crippen molar-refractivity contribution in [1.29, 1.82) is 0 Å². The number of unbranched alkanes of at least 4 members (excludes halogenated alkanes) is 1. The third-order valence-electron chi connectivity index (χ3n) is 4.18. The maximum absolute atomic E-state index is 7.09. The molecule has 0 radical (unpaired) electrons. The molecule has 0 saturated heterocycles. The minimum atomic E-state index is -2.39. The molecule has 0 amide bonds. The molecule has 0 aliphatic carbocycles. The van der Waals surface area contributed by atoms with Crippen LogP contribution < -0.4 is 27.4 Å². The topological polar surface area (TPSA) is 9.23 Å². The van der Waals surface area contributed by atoms with Crippen molar-refractivity contribution in [3.63, 3.8) is 0 Å². The minimum absolute atomic E-state index is 0. The number of hydrogen-bond donors (Lipinski definition) is 0. The normalized spacial score (nSPS) is 11.0. The van der Waals surface area contributed by atoms with Crippen LogP contribution in [0.4, 0.5) is 0 Å². The van der Waals surface area contributed by atoms with Crippen molar-refractivity contribution in [1.82, 2.24) is 0 Å². The second kappa shape index (κ2) is 11.2. The van der Waals surface area contributed by atoms with E-state index in [0.29, 0.717) is 13.0 Å². The monoisotopic (exact) mass is 424 g/mol. The Morgan fingerprint density at radius 1 is 0.920 bits per heavy atom. The van der Waals surface area contributed by atoms with Gasteiger partial charge in [0.2, 0.25) is 0 Å². The number of hydrogen-bond acceptors (Lipinski definition) is 1. The van der Waals surface area contributed by atoms with E-state index in [9.17, 15) is 0 Å². The molecule has 0 N–H and O–H groups in total. The molecule has 2 aromatic carbocycles.